The van der Waals surface area contributed by atoms with E-state index in [9.17, 15) is 19.7 Å². The summed E-state index contributed by atoms with van der Waals surface area (Å²) in [6.07, 6.45) is 0. The van der Waals surface area contributed by atoms with Crippen molar-refractivity contribution in [2.45, 2.75) is 33.3 Å². The summed E-state index contributed by atoms with van der Waals surface area (Å²) >= 11 is -1.28. The van der Waals surface area contributed by atoms with Gasteiger partial charge in [0.05, 0.1) is 8.49 Å². The smallest absolute Gasteiger partial charge is 0.348 e. The molecule has 0 bridgehead atoms. The molecule has 0 atom stereocenters. The van der Waals surface area contributed by atoms with Gasteiger partial charge >= 0.3 is 5.97 Å². The summed E-state index contributed by atoms with van der Waals surface area (Å²) in [5.41, 5.74) is -0.794. The first-order chi connectivity index (χ1) is 9.61. The Bertz CT molecular complexity index is 616. The first-order valence-electron chi connectivity index (χ1n) is 6.11. The van der Waals surface area contributed by atoms with Gasteiger partial charge in [0, 0.05) is 6.07 Å². The first kappa shape index (κ1) is 17.4. The number of hydrogen-bond acceptors (Lipinski definition) is 5. The molecule has 0 saturated carbocycles. The lowest BCUT2D eigenvalue weighted by molar-refractivity contribution is -0.385. The molecule has 0 fully saturated rings. The lowest BCUT2D eigenvalue weighted by Crippen LogP contribution is -2.31. The topological polar surface area (TPSA) is 86.5 Å². The summed E-state index contributed by atoms with van der Waals surface area (Å²) in [5.74, 6) is -1.10. The molecule has 0 aliphatic rings. The van der Waals surface area contributed by atoms with Crippen LogP contribution in [0.15, 0.2) is 24.3 Å². The van der Waals surface area contributed by atoms with Gasteiger partial charge in [-0.1, -0.05) is 32.9 Å². The van der Waals surface area contributed by atoms with Crippen LogP contribution in [0.4, 0.5) is 5.69 Å². The minimum absolute atomic E-state index is 0.0121. The van der Waals surface area contributed by atoms with E-state index in [0.717, 1.165) is 0 Å². The van der Waals surface area contributed by atoms with Crippen molar-refractivity contribution in [1.29, 1.82) is 0 Å². The Morgan fingerprint density at radius 3 is 2.29 bits per heavy atom. The third-order valence-corrected chi connectivity index (χ3v) is 5.37. The van der Waals surface area contributed by atoms with Gasteiger partial charge in [-0.2, -0.15) is 0 Å². The van der Waals surface area contributed by atoms with Crippen LogP contribution in [0.2, 0.25) is 0 Å². The van der Waals surface area contributed by atoms with Crippen molar-refractivity contribution in [2.24, 2.45) is 0 Å². The Morgan fingerprint density at radius 2 is 1.81 bits per heavy atom. The van der Waals surface area contributed by atoms with Gasteiger partial charge in [-0.3, -0.25) is 14.9 Å². The fourth-order valence-electron chi connectivity index (χ4n) is 1.35. The predicted octanol–water partition coefficient (Wildman–Crippen LogP) is 2.84. The normalized spacial score (nSPS) is 12.3. The molecule has 0 spiro atoms. The van der Waals surface area contributed by atoms with Crippen LogP contribution in [0.3, 0.4) is 0 Å². The number of esters is 1. The lowest BCUT2D eigenvalue weighted by atomic mass is 10.2. The Morgan fingerprint density at radius 1 is 1.24 bits per heavy atom. The number of nitro benzene ring substituents is 1. The van der Waals surface area contributed by atoms with Gasteiger partial charge in [-0.05, 0) is 33.8 Å². The van der Waals surface area contributed by atoms with E-state index in [0.29, 0.717) is 3.57 Å². The zero-order chi connectivity index (χ0) is 16.2. The van der Waals surface area contributed by atoms with E-state index in [1.807, 2.05) is 0 Å². The van der Waals surface area contributed by atoms with E-state index >= 15 is 0 Å². The average molecular weight is 405 g/mol. The number of halogens is 1. The Hall–Kier alpha value is -1.64. The van der Waals surface area contributed by atoms with E-state index in [1.165, 1.54) is 13.0 Å². The molecule has 0 saturated heterocycles. The first-order valence-corrected chi connectivity index (χ1v) is 8.27. The summed E-state index contributed by atoms with van der Waals surface area (Å²) < 4.78 is 5.62. The maximum Gasteiger partial charge on any atom is 0.348 e. The van der Waals surface area contributed by atoms with E-state index in [2.05, 4.69) is 0 Å². The van der Waals surface area contributed by atoms with Gasteiger partial charge in [-0.15, -0.1) is 0 Å². The largest absolute Gasteiger partial charge is 0.456 e. The molecule has 0 heterocycles. The van der Waals surface area contributed by atoms with Gasteiger partial charge in [-0.25, -0.2) is 4.79 Å². The Labute approximate surface area is 132 Å². The predicted molar refractivity (Wildman–Crippen MR) is 87.3 cm³/mol. The van der Waals surface area contributed by atoms with Crippen LogP contribution >= 0.6 is 20.7 Å². The molecule has 1 rings (SSSR count). The van der Waals surface area contributed by atoms with E-state index in [-0.39, 0.29) is 9.20 Å². The van der Waals surface area contributed by atoms with Crippen molar-refractivity contribution in [2.75, 3.05) is 0 Å². The molecule has 21 heavy (non-hydrogen) atoms. The molecule has 0 unspecified atom stereocenters. The van der Waals surface area contributed by atoms with Gasteiger partial charge in [0.2, 0.25) is 0 Å². The van der Waals surface area contributed by atoms with Crippen LogP contribution in [0.1, 0.15) is 27.7 Å². The number of carbonyl (C=O) groups excluding carboxylic acids is 2. The minimum atomic E-state index is -1.28. The molecule has 1 aromatic rings. The molecule has 1 aromatic carbocycles. The summed E-state index contributed by atoms with van der Waals surface area (Å²) in [4.78, 5) is 34.2. The van der Waals surface area contributed by atoms with Crippen LogP contribution in [0.25, 0.3) is 0 Å². The fourth-order valence-corrected chi connectivity index (χ4v) is 3.68. The highest BCUT2D eigenvalue weighted by Gasteiger charge is 2.24. The highest BCUT2D eigenvalue weighted by atomic mass is 127. The third-order valence-electron chi connectivity index (χ3n) is 2.13. The summed E-state index contributed by atoms with van der Waals surface area (Å²) in [7, 11) is 0. The number of hydrogen-bond donors (Lipinski definition) is 0. The zero-order valence-corrected chi connectivity index (χ0v) is 14.3. The SMILES string of the molecule is CC(=O)C(=Ic1ccccc1[N+](=O)[O-])C(=O)OC(C)(C)C. The second-order valence-electron chi connectivity index (χ2n) is 5.18. The molecule has 0 N–H and O–H groups in total. The van der Waals surface area contributed by atoms with E-state index in [4.69, 9.17) is 4.74 Å². The maximum atomic E-state index is 12.1. The van der Waals surface area contributed by atoms with E-state index < -0.39 is 43.0 Å². The summed E-state index contributed by atoms with van der Waals surface area (Å²) in [5, 5.41) is 11.0. The monoisotopic (exact) mass is 405 g/mol. The molecule has 0 radical (unpaired) electrons. The minimum Gasteiger partial charge on any atom is -0.456 e. The van der Waals surface area contributed by atoms with Gasteiger partial charge in [0.15, 0.2) is 5.78 Å². The van der Waals surface area contributed by atoms with Crippen LogP contribution in [0, 0.1) is 13.7 Å². The van der Waals surface area contributed by atoms with Gasteiger partial charge in [0.25, 0.3) is 5.69 Å². The van der Waals surface area contributed by atoms with Crippen molar-refractivity contribution in [3.63, 3.8) is 0 Å². The Kier molecular flexibility index (Phi) is 5.70. The molecular weight excluding hydrogens is 389 g/mol. The molecule has 7 heteroatoms. The molecule has 0 amide bonds. The number of benzene rings is 1. The maximum absolute atomic E-state index is 12.1. The number of ether oxygens (including phenoxy) is 1. The van der Waals surface area contributed by atoms with Crippen LogP contribution < -0.4 is 0 Å². The Balaban J connectivity index is 3.27. The number of rotatable bonds is 4. The number of nitro groups is 1. The van der Waals surface area contributed by atoms with Gasteiger partial charge in [0.1, 0.15) is 9.11 Å². The average Bonchev–Trinajstić information content (AvgIpc) is 2.33. The quantitative estimate of drug-likeness (QED) is 0.253. The van der Waals surface area contributed by atoms with Crippen molar-refractivity contribution in [3.05, 3.63) is 37.9 Å². The molecular formula is C14H16INO5. The van der Waals surface area contributed by atoms with Crippen LogP contribution in [0.5, 0.6) is 0 Å². The second-order valence-corrected chi connectivity index (χ2v) is 7.96. The van der Waals surface area contributed by atoms with Gasteiger partial charge < -0.3 is 4.74 Å². The third kappa shape index (κ3) is 5.33. The molecule has 114 valence electrons. The highest BCUT2D eigenvalue weighted by molar-refractivity contribution is 14.2. The number of para-hydroxylation sites is 1. The van der Waals surface area contributed by atoms with Crippen molar-refractivity contribution in [1.82, 2.24) is 0 Å². The number of Topliss-reactive ketones (excluding diaryl/α,β-unsaturated/α-hetero) is 1. The summed E-state index contributed by atoms with van der Waals surface area (Å²) in [6.45, 7) is 6.37. The molecule has 0 aliphatic heterocycles. The van der Waals surface area contributed by atoms with E-state index in [1.54, 1.807) is 39.0 Å². The fraction of sp³-hybridized carbons (Fsp3) is 0.357. The lowest BCUT2D eigenvalue weighted by Gasteiger charge is -2.19. The van der Waals surface area contributed by atoms with Crippen molar-refractivity contribution >= 4 is 41.7 Å². The van der Waals surface area contributed by atoms with Crippen LogP contribution in [-0.2, 0) is 14.3 Å². The highest BCUT2D eigenvalue weighted by Crippen LogP contribution is 2.25. The zero-order valence-electron chi connectivity index (χ0n) is 12.2. The second kappa shape index (κ2) is 6.88. The molecule has 0 aliphatic carbocycles. The van der Waals surface area contributed by atoms with Crippen LogP contribution in [-0.4, -0.2) is 25.8 Å². The number of carbonyl (C=O) groups is 2. The number of ketones is 1. The number of nitrogens with zero attached hydrogens (tertiary/aromatic N) is 1. The summed E-state index contributed by atoms with van der Waals surface area (Å²) in [6, 6.07) is 6.13. The molecule has 6 nitrogen and oxygen atoms in total. The molecule has 0 aromatic heterocycles. The standard InChI is InChI=1S/C14H16INO5/c1-9(17)12(13(18)21-14(2,3)4)15-10-7-5-6-8-11(10)16(19)20/h5-8H,1-4H3. The van der Waals surface area contributed by atoms with Crippen molar-refractivity contribution < 1.29 is 19.2 Å². The van der Waals surface area contributed by atoms with Crippen molar-refractivity contribution in [3.8, 4) is 0 Å².